The van der Waals surface area contributed by atoms with Crippen molar-refractivity contribution in [2.75, 3.05) is 6.54 Å². The van der Waals surface area contributed by atoms with Gasteiger partial charge in [-0.15, -0.1) is 0 Å². The summed E-state index contributed by atoms with van der Waals surface area (Å²) in [4.78, 5) is 13.6. The van der Waals surface area contributed by atoms with Crippen LogP contribution in [0.4, 0.5) is 4.79 Å². The van der Waals surface area contributed by atoms with Crippen molar-refractivity contribution in [1.82, 2.24) is 4.90 Å². The van der Waals surface area contributed by atoms with E-state index in [1.54, 1.807) is 32.9 Å². The average molecular weight is 353 g/mol. The highest BCUT2D eigenvalue weighted by atomic mass is 32.2. The fourth-order valence-electron chi connectivity index (χ4n) is 2.22. The predicted molar refractivity (Wildman–Crippen MR) is 89.7 cm³/mol. The number of ether oxygens (including phenoxy) is 1. The number of allylic oxidation sites excluding steroid dienone is 1. The summed E-state index contributed by atoms with van der Waals surface area (Å²) in [6.07, 6.45) is 1.93. The smallest absolute Gasteiger partial charge is 0.414 e. The minimum atomic E-state index is -3.90. The first-order chi connectivity index (χ1) is 11.1. The monoisotopic (exact) mass is 353 g/mol. The lowest BCUT2D eigenvalue weighted by Gasteiger charge is -2.24. The molecule has 0 spiro atoms. The number of carbonyl (C=O) groups is 1. The number of amides is 1. The van der Waals surface area contributed by atoms with Crippen LogP contribution >= 0.6 is 0 Å². The number of carbonyl (C=O) groups excluding carboxylic acids is 1. The molecule has 24 heavy (non-hydrogen) atoms. The second-order valence-corrected chi connectivity index (χ2v) is 8.28. The lowest BCUT2D eigenvalue weighted by Crippen LogP contribution is -2.34. The third-order valence-corrected chi connectivity index (χ3v) is 4.59. The van der Waals surface area contributed by atoms with Crippen molar-refractivity contribution >= 4 is 16.2 Å². The lowest BCUT2D eigenvalue weighted by molar-refractivity contribution is 0.0335. The third-order valence-electron chi connectivity index (χ3n) is 3.40. The Balaban J connectivity index is 2.12. The van der Waals surface area contributed by atoms with E-state index in [-0.39, 0.29) is 4.90 Å². The minimum Gasteiger partial charge on any atom is -0.443 e. The van der Waals surface area contributed by atoms with E-state index in [0.29, 0.717) is 18.7 Å². The van der Waals surface area contributed by atoms with Crippen LogP contribution in [0.2, 0.25) is 0 Å². The number of nitrogens with zero attached hydrogens (tertiary/aromatic N) is 1. The molecule has 7 heteroatoms. The molecule has 1 aromatic rings. The van der Waals surface area contributed by atoms with Gasteiger partial charge in [-0.05, 0) is 52.7 Å². The number of likely N-dealkylation sites (tertiary alicyclic amines) is 1. The van der Waals surface area contributed by atoms with Crippen LogP contribution in [-0.4, -0.2) is 31.6 Å². The molecule has 132 valence electrons. The van der Waals surface area contributed by atoms with Gasteiger partial charge in [-0.25, -0.2) is 4.79 Å². The minimum absolute atomic E-state index is 0.0757. The summed E-state index contributed by atoms with van der Waals surface area (Å²) in [6.45, 7) is 7.69. The van der Waals surface area contributed by atoms with E-state index in [2.05, 4.69) is 0 Å². The molecule has 1 aromatic carbocycles. The Bertz CT molecular complexity index is 729. The molecule has 0 unspecified atom stereocenters. The maximum Gasteiger partial charge on any atom is 0.414 e. The van der Waals surface area contributed by atoms with Crippen molar-refractivity contribution in [1.29, 1.82) is 0 Å². The van der Waals surface area contributed by atoms with Crippen LogP contribution in [0.1, 0.15) is 39.2 Å². The summed E-state index contributed by atoms with van der Waals surface area (Å²) in [6, 6.07) is 6.38. The van der Waals surface area contributed by atoms with Crippen molar-refractivity contribution in [3.05, 3.63) is 41.8 Å². The van der Waals surface area contributed by atoms with E-state index in [4.69, 9.17) is 8.92 Å². The van der Waals surface area contributed by atoms with Crippen molar-refractivity contribution in [2.45, 2.75) is 51.0 Å². The van der Waals surface area contributed by atoms with E-state index >= 15 is 0 Å². The number of rotatable bonds is 3. The van der Waals surface area contributed by atoms with Crippen molar-refractivity contribution in [3.63, 3.8) is 0 Å². The van der Waals surface area contributed by atoms with Crippen LogP contribution in [0.25, 0.3) is 0 Å². The Hall–Kier alpha value is -2.02. The second kappa shape index (κ2) is 6.84. The molecule has 0 atom stereocenters. The largest absolute Gasteiger partial charge is 0.443 e. The van der Waals surface area contributed by atoms with E-state index in [1.807, 2.05) is 6.92 Å². The van der Waals surface area contributed by atoms with Gasteiger partial charge in [0.2, 0.25) is 0 Å². The van der Waals surface area contributed by atoms with Crippen LogP contribution in [0.5, 0.6) is 0 Å². The van der Waals surface area contributed by atoms with E-state index in [1.165, 1.54) is 17.0 Å². The van der Waals surface area contributed by atoms with Gasteiger partial charge in [0.05, 0.1) is 5.70 Å². The number of hydrogen-bond donors (Lipinski definition) is 0. The Morgan fingerprint density at radius 1 is 1.21 bits per heavy atom. The molecular formula is C17H23NO5S. The van der Waals surface area contributed by atoms with Gasteiger partial charge < -0.3 is 8.92 Å². The van der Waals surface area contributed by atoms with Crippen LogP contribution in [0.3, 0.4) is 0 Å². The van der Waals surface area contributed by atoms with Gasteiger partial charge in [0, 0.05) is 6.54 Å². The number of aryl methyl sites for hydroxylation is 1. The molecule has 0 aliphatic carbocycles. The molecule has 0 radical (unpaired) electrons. The maximum atomic E-state index is 12.2. The predicted octanol–water partition coefficient (Wildman–Crippen LogP) is 3.57. The molecule has 1 heterocycles. The van der Waals surface area contributed by atoms with Crippen molar-refractivity contribution in [2.24, 2.45) is 0 Å². The van der Waals surface area contributed by atoms with Crippen LogP contribution in [-0.2, 0) is 19.0 Å². The quantitative estimate of drug-likeness (QED) is 0.613. The zero-order valence-electron chi connectivity index (χ0n) is 14.4. The molecule has 1 aliphatic rings. The first kappa shape index (κ1) is 18.3. The van der Waals surface area contributed by atoms with Gasteiger partial charge in [0.1, 0.15) is 16.8 Å². The highest BCUT2D eigenvalue weighted by Gasteiger charge is 2.29. The summed E-state index contributed by atoms with van der Waals surface area (Å²) < 4.78 is 34.7. The van der Waals surface area contributed by atoms with Gasteiger partial charge in [-0.2, -0.15) is 8.42 Å². The third kappa shape index (κ3) is 4.74. The van der Waals surface area contributed by atoms with Gasteiger partial charge in [-0.1, -0.05) is 17.7 Å². The molecule has 0 saturated carbocycles. The Labute approximate surface area is 143 Å². The first-order valence-corrected chi connectivity index (χ1v) is 9.19. The summed E-state index contributed by atoms with van der Waals surface area (Å²) in [5, 5.41) is 0. The van der Waals surface area contributed by atoms with Crippen LogP contribution in [0, 0.1) is 6.92 Å². The summed E-state index contributed by atoms with van der Waals surface area (Å²) in [5.74, 6) is 0. The zero-order valence-corrected chi connectivity index (χ0v) is 15.2. The molecule has 0 N–H and O–H groups in total. The van der Waals surface area contributed by atoms with Crippen LogP contribution < -0.4 is 0 Å². The standard InChI is InChI=1S/C17H23NO5S/c1-13-7-9-15(10-8-13)24(20,21)22-12-14-6-5-11-18(14)16(19)23-17(2,3)4/h7-10,12H,5-6,11H2,1-4H3/b14-12+. The molecule has 1 amide bonds. The molecule has 0 bridgehead atoms. The normalized spacial score (nSPS) is 17.2. The summed E-state index contributed by atoms with van der Waals surface area (Å²) in [5.41, 5.74) is 0.846. The molecule has 1 saturated heterocycles. The molecule has 0 aromatic heterocycles. The average Bonchev–Trinajstić information content (AvgIpc) is 2.92. The molecule has 1 aliphatic heterocycles. The van der Waals surface area contributed by atoms with Gasteiger partial charge >= 0.3 is 16.2 Å². The Morgan fingerprint density at radius 3 is 2.42 bits per heavy atom. The topological polar surface area (TPSA) is 72.9 Å². The second-order valence-electron chi connectivity index (χ2n) is 6.71. The van der Waals surface area contributed by atoms with Gasteiger partial charge in [-0.3, -0.25) is 4.90 Å². The van der Waals surface area contributed by atoms with Crippen LogP contribution in [0.15, 0.2) is 41.1 Å². The maximum absolute atomic E-state index is 12.2. The zero-order chi connectivity index (χ0) is 18.0. The molecule has 1 fully saturated rings. The summed E-state index contributed by atoms with van der Waals surface area (Å²) in [7, 11) is -3.90. The van der Waals surface area contributed by atoms with Crippen molar-refractivity contribution < 1.29 is 22.1 Å². The van der Waals surface area contributed by atoms with Gasteiger partial charge in [0.15, 0.2) is 0 Å². The highest BCUT2D eigenvalue weighted by molar-refractivity contribution is 7.86. The number of hydrogen-bond acceptors (Lipinski definition) is 5. The molecule has 2 rings (SSSR count). The summed E-state index contributed by atoms with van der Waals surface area (Å²) >= 11 is 0. The van der Waals surface area contributed by atoms with E-state index < -0.39 is 21.8 Å². The Morgan fingerprint density at radius 2 is 1.83 bits per heavy atom. The van der Waals surface area contributed by atoms with Crippen molar-refractivity contribution in [3.8, 4) is 0 Å². The number of benzene rings is 1. The first-order valence-electron chi connectivity index (χ1n) is 7.78. The molecule has 6 nitrogen and oxygen atoms in total. The Kier molecular flexibility index (Phi) is 5.22. The SMILES string of the molecule is Cc1ccc(S(=O)(=O)O/C=C2\CCCN2C(=O)OC(C)(C)C)cc1. The fourth-order valence-corrected chi connectivity index (χ4v) is 3.04. The fraction of sp³-hybridized carbons (Fsp3) is 0.471. The lowest BCUT2D eigenvalue weighted by atomic mass is 10.2. The van der Waals surface area contributed by atoms with E-state index in [0.717, 1.165) is 18.2 Å². The van der Waals surface area contributed by atoms with Gasteiger partial charge in [0.25, 0.3) is 0 Å². The van der Waals surface area contributed by atoms with E-state index in [9.17, 15) is 13.2 Å². The molecular weight excluding hydrogens is 330 g/mol. The highest BCUT2D eigenvalue weighted by Crippen LogP contribution is 2.25.